The highest BCUT2D eigenvalue weighted by molar-refractivity contribution is 5.97. The van der Waals surface area contributed by atoms with E-state index in [1.165, 1.54) is 12.5 Å². The molecular weight excluding hydrogens is 252 g/mol. The second-order valence-electron chi connectivity index (χ2n) is 4.88. The van der Waals surface area contributed by atoms with Crippen LogP contribution in [0.3, 0.4) is 0 Å². The Kier molecular flexibility index (Phi) is 5.19. The number of nitrogens with one attached hydrogen (secondary N) is 1. The number of furan rings is 1. The zero-order valence-corrected chi connectivity index (χ0v) is 11.3. The molecular formula is C16H18N2O2. The lowest BCUT2D eigenvalue weighted by Gasteiger charge is -2.22. The molecule has 4 nitrogen and oxygen atoms in total. The highest BCUT2D eigenvalue weighted by Gasteiger charge is 2.17. The van der Waals surface area contributed by atoms with Gasteiger partial charge in [0, 0.05) is 6.04 Å². The minimum absolute atomic E-state index is 0.123. The largest absolute Gasteiger partial charge is 0.465 e. The van der Waals surface area contributed by atoms with Gasteiger partial charge in [0.25, 0.3) is 5.91 Å². The smallest absolute Gasteiger partial charge is 0.262 e. The zero-order valence-electron chi connectivity index (χ0n) is 11.3. The van der Waals surface area contributed by atoms with E-state index < -0.39 is 0 Å². The van der Waals surface area contributed by atoms with Gasteiger partial charge in [-0.25, -0.2) is 0 Å². The molecule has 104 valence electrons. The fourth-order valence-corrected chi connectivity index (χ4v) is 2.30. The van der Waals surface area contributed by atoms with E-state index in [1.54, 1.807) is 30.5 Å². The first-order valence-electron chi connectivity index (χ1n) is 6.92. The first-order valence-corrected chi connectivity index (χ1v) is 6.92. The summed E-state index contributed by atoms with van der Waals surface area (Å²) in [6.07, 6.45) is 12.0. The van der Waals surface area contributed by atoms with Crippen molar-refractivity contribution < 1.29 is 9.21 Å². The summed E-state index contributed by atoms with van der Waals surface area (Å²) in [4.78, 5) is 12.0. The first kappa shape index (κ1) is 14.1. The van der Waals surface area contributed by atoms with Gasteiger partial charge in [-0.1, -0.05) is 25.3 Å². The summed E-state index contributed by atoms with van der Waals surface area (Å²) in [6.45, 7) is 0. The van der Waals surface area contributed by atoms with Gasteiger partial charge in [-0.05, 0) is 37.1 Å². The van der Waals surface area contributed by atoms with Crippen LogP contribution in [0.25, 0.3) is 6.08 Å². The molecule has 0 aromatic carbocycles. The molecule has 0 atom stereocenters. The molecule has 20 heavy (non-hydrogen) atoms. The molecule has 0 unspecified atom stereocenters. The van der Waals surface area contributed by atoms with E-state index >= 15 is 0 Å². The summed E-state index contributed by atoms with van der Waals surface area (Å²) in [5.41, 5.74) is 0.123. The standard InChI is InChI=1S/C16H18N2O2/c17-12-13(6-4-9-15-10-5-11-20-15)16(19)18-14-7-2-1-3-8-14/h4-6,9-11,14H,1-3,7-8H2,(H,18,19)/b9-4+,13-6+. The third-order valence-corrected chi connectivity index (χ3v) is 3.37. The topological polar surface area (TPSA) is 66.0 Å². The zero-order chi connectivity index (χ0) is 14.2. The average molecular weight is 270 g/mol. The summed E-state index contributed by atoms with van der Waals surface area (Å²) >= 11 is 0. The molecule has 0 spiro atoms. The van der Waals surface area contributed by atoms with Crippen LogP contribution < -0.4 is 5.32 Å². The molecule has 1 aliphatic carbocycles. The van der Waals surface area contributed by atoms with Gasteiger partial charge in [-0.3, -0.25) is 4.79 Å². The Hall–Kier alpha value is -2.28. The first-order chi connectivity index (χ1) is 9.79. The van der Waals surface area contributed by atoms with Crippen molar-refractivity contribution >= 4 is 12.0 Å². The van der Waals surface area contributed by atoms with Gasteiger partial charge in [-0.15, -0.1) is 0 Å². The minimum Gasteiger partial charge on any atom is -0.465 e. The van der Waals surface area contributed by atoms with Crippen LogP contribution in [0.4, 0.5) is 0 Å². The lowest BCUT2D eigenvalue weighted by atomic mass is 9.95. The Bertz CT molecular complexity index is 529. The SMILES string of the molecule is N#C/C(=C\C=C\c1ccco1)C(=O)NC1CCCCC1. The Morgan fingerprint density at radius 2 is 2.20 bits per heavy atom. The fraction of sp³-hybridized carbons (Fsp3) is 0.375. The highest BCUT2D eigenvalue weighted by atomic mass is 16.3. The molecule has 0 radical (unpaired) electrons. The maximum absolute atomic E-state index is 12.0. The number of amides is 1. The monoisotopic (exact) mass is 270 g/mol. The van der Waals surface area contributed by atoms with Crippen LogP contribution in [-0.2, 0) is 4.79 Å². The maximum atomic E-state index is 12.0. The van der Waals surface area contributed by atoms with E-state index in [4.69, 9.17) is 9.68 Å². The maximum Gasteiger partial charge on any atom is 0.262 e. The molecule has 0 saturated heterocycles. The third-order valence-electron chi connectivity index (χ3n) is 3.37. The number of carbonyl (C=O) groups is 1. The number of nitrogens with zero attached hydrogens (tertiary/aromatic N) is 1. The van der Waals surface area contributed by atoms with Gasteiger partial charge in [0.1, 0.15) is 17.4 Å². The summed E-state index contributed by atoms with van der Waals surface area (Å²) in [6, 6.07) is 5.74. The highest BCUT2D eigenvalue weighted by Crippen LogP contribution is 2.17. The minimum atomic E-state index is -0.288. The number of allylic oxidation sites excluding steroid dienone is 2. The number of carbonyl (C=O) groups excluding carboxylic acids is 1. The quantitative estimate of drug-likeness (QED) is 0.519. The molecule has 1 amide bonds. The molecule has 1 saturated carbocycles. The van der Waals surface area contributed by atoms with Crippen LogP contribution in [0.1, 0.15) is 37.9 Å². The van der Waals surface area contributed by atoms with Crippen molar-refractivity contribution in [2.75, 3.05) is 0 Å². The van der Waals surface area contributed by atoms with Crippen LogP contribution >= 0.6 is 0 Å². The molecule has 1 N–H and O–H groups in total. The fourth-order valence-electron chi connectivity index (χ4n) is 2.30. The van der Waals surface area contributed by atoms with Gasteiger partial charge >= 0.3 is 0 Å². The van der Waals surface area contributed by atoms with E-state index in [-0.39, 0.29) is 17.5 Å². The van der Waals surface area contributed by atoms with Crippen LogP contribution in [0.5, 0.6) is 0 Å². The van der Waals surface area contributed by atoms with Gasteiger partial charge in [0.15, 0.2) is 0 Å². The summed E-state index contributed by atoms with van der Waals surface area (Å²) < 4.78 is 5.13. The van der Waals surface area contributed by atoms with Crippen LogP contribution in [0.15, 0.2) is 40.5 Å². The second-order valence-corrected chi connectivity index (χ2v) is 4.88. The van der Waals surface area contributed by atoms with Crippen molar-refractivity contribution in [2.24, 2.45) is 0 Å². The van der Waals surface area contributed by atoms with Gasteiger partial charge < -0.3 is 9.73 Å². The molecule has 4 heteroatoms. The van der Waals surface area contributed by atoms with E-state index in [0.29, 0.717) is 5.76 Å². The Morgan fingerprint density at radius 1 is 1.40 bits per heavy atom. The predicted octanol–water partition coefficient (Wildman–Crippen LogP) is 3.19. The number of nitriles is 1. The van der Waals surface area contributed by atoms with E-state index in [9.17, 15) is 4.79 Å². The van der Waals surface area contributed by atoms with E-state index in [0.717, 1.165) is 25.7 Å². The lowest BCUT2D eigenvalue weighted by molar-refractivity contribution is -0.118. The predicted molar refractivity (Wildman–Crippen MR) is 76.5 cm³/mol. The molecule has 0 bridgehead atoms. The third kappa shape index (κ3) is 4.13. The van der Waals surface area contributed by atoms with Crippen molar-refractivity contribution in [3.8, 4) is 6.07 Å². The van der Waals surface area contributed by atoms with Crippen molar-refractivity contribution in [1.82, 2.24) is 5.32 Å². The van der Waals surface area contributed by atoms with Crippen LogP contribution in [0, 0.1) is 11.3 Å². The summed E-state index contributed by atoms with van der Waals surface area (Å²) in [7, 11) is 0. The van der Waals surface area contributed by atoms with Crippen molar-refractivity contribution in [3.63, 3.8) is 0 Å². The van der Waals surface area contributed by atoms with E-state index in [2.05, 4.69) is 5.32 Å². The molecule has 1 heterocycles. The van der Waals surface area contributed by atoms with Gasteiger partial charge in [0.2, 0.25) is 0 Å². The molecule has 1 fully saturated rings. The lowest BCUT2D eigenvalue weighted by Crippen LogP contribution is -2.36. The second kappa shape index (κ2) is 7.34. The van der Waals surface area contributed by atoms with Gasteiger partial charge in [0.05, 0.1) is 6.26 Å². The van der Waals surface area contributed by atoms with Gasteiger partial charge in [-0.2, -0.15) is 5.26 Å². The average Bonchev–Trinajstić information content (AvgIpc) is 2.98. The summed E-state index contributed by atoms with van der Waals surface area (Å²) in [5.74, 6) is 0.398. The van der Waals surface area contributed by atoms with Crippen LogP contribution in [0.2, 0.25) is 0 Å². The Morgan fingerprint density at radius 3 is 2.85 bits per heavy atom. The molecule has 1 aliphatic rings. The number of hydrogen-bond donors (Lipinski definition) is 1. The summed E-state index contributed by atoms with van der Waals surface area (Å²) in [5, 5.41) is 12.0. The van der Waals surface area contributed by atoms with Crippen molar-refractivity contribution in [3.05, 3.63) is 41.9 Å². The van der Waals surface area contributed by atoms with Crippen molar-refractivity contribution in [2.45, 2.75) is 38.1 Å². The molecule has 1 aromatic heterocycles. The number of hydrogen-bond acceptors (Lipinski definition) is 3. The molecule has 2 rings (SSSR count). The number of rotatable bonds is 4. The van der Waals surface area contributed by atoms with Crippen molar-refractivity contribution in [1.29, 1.82) is 5.26 Å². The van der Waals surface area contributed by atoms with E-state index in [1.807, 2.05) is 6.07 Å². The normalized spacial score (nSPS) is 17.1. The Balaban J connectivity index is 1.93. The Labute approximate surface area is 118 Å². The van der Waals surface area contributed by atoms with Crippen LogP contribution in [-0.4, -0.2) is 11.9 Å². The molecule has 0 aliphatic heterocycles. The molecule has 1 aromatic rings.